The predicted molar refractivity (Wildman–Crippen MR) is 75.1 cm³/mol. The molecule has 4 heteroatoms. The first-order chi connectivity index (χ1) is 9.10. The topological polar surface area (TPSA) is 26.3 Å². The summed E-state index contributed by atoms with van der Waals surface area (Å²) >= 11 is 3.33. The van der Waals surface area contributed by atoms with Gasteiger partial charge in [0.1, 0.15) is 0 Å². The van der Waals surface area contributed by atoms with Crippen LogP contribution >= 0.6 is 15.9 Å². The van der Waals surface area contributed by atoms with E-state index in [1.807, 2.05) is 24.3 Å². The third-order valence-electron chi connectivity index (χ3n) is 2.75. The summed E-state index contributed by atoms with van der Waals surface area (Å²) in [6, 6.07) is 11.7. The zero-order valence-corrected chi connectivity index (χ0v) is 11.9. The molecule has 0 saturated carbocycles. The van der Waals surface area contributed by atoms with E-state index in [1.165, 1.54) is 19.2 Å². The summed E-state index contributed by atoms with van der Waals surface area (Å²) in [5, 5.41) is 0. The molecule has 0 aromatic heterocycles. The molecule has 0 fully saturated rings. The van der Waals surface area contributed by atoms with Gasteiger partial charge in [0, 0.05) is 16.5 Å². The number of hydrogen-bond acceptors (Lipinski definition) is 2. The lowest BCUT2D eigenvalue weighted by molar-refractivity contribution is 0.0992. The number of Topliss-reactive ketones (excluding diaryl/α,β-unsaturated/α-hetero) is 1. The molecular formula is C15H12BrFO2. The van der Waals surface area contributed by atoms with E-state index in [4.69, 9.17) is 4.74 Å². The van der Waals surface area contributed by atoms with Gasteiger partial charge in [0.2, 0.25) is 0 Å². The Morgan fingerprint density at radius 2 is 1.89 bits per heavy atom. The molecule has 0 saturated heterocycles. The number of rotatable bonds is 4. The van der Waals surface area contributed by atoms with Crippen LogP contribution in [0.5, 0.6) is 5.75 Å². The van der Waals surface area contributed by atoms with Crippen molar-refractivity contribution in [2.45, 2.75) is 6.42 Å². The van der Waals surface area contributed by atoms with E-state index in [-0.39, 0.29) is 18.0 Å². The van der Waals surface area contributed by atoms with Gasteiger partial charge in [-0.25, -0.2) is 4.39 Å². The third kappa shape index (κ3) is 3.41. The minimum absolute atomic E-state index is 0.121. The molecule has 0 aliphatic carbocycles. The molecule has 2 aromatic rings. The van der Waals surface area contributed by atoms with Crippen LogP contribution in [-0.4, -0.2) is 12.9 Å². The number of ketones is 1. The van der Waals surface area contributed by atoms with E-state index in [0.29, 0.717) is 5.56 Å². The highest BCUT2D eigenvalue weighted by molar-refractivity contribution is 9.10. The van der Waals surface area contributed by atoms with Gasteiger partial charge in [-0.2, -0.15) is 0 Å². The molecule has 0 amide bonds. The van der Waals surface area contributed by atoms with Crippen molar-refractivity contribution in [2.24, 2.45) is 0 Å². The maximum Gasteiger partial charge on any atom is 0.167 e. The van der Waals surface area contributed by atoms with Crippen molar-refractivity contribution < 1.29 is 13.9 Å². The Balaban J connectivity index is 2.16. The van der Waals surface area contributed by atoms with Crippen LogP contribution in [0, 0.1) is 5.82 Å². The minimum atomic E-state index is -0.524. The molecule has 0 radical (unpaired) electrons. The minimum Gasteiger partial charge on any atom is -0.494 e. The highest BCUT2D eigenvalue weighted by Gasteiger charge is 2.10. The molecule has 2 rings (SSSR count). The average molecular weight is 323 g/mol. The molecule has 0 atom stereocenters. The number of carbonyl (C=O) groups is 1. The summed E-state index contributed by atoms with van der Waals surface area (Å²) < 4.78 is 19.3. The van der Waals surface area contributed by atoms with Crippen LogP contribution in [0.4, 0.5) is 4.39 Å². The number of carbonyl (C=O) groups excluding carboxylic acids is 1. The summed E-state index contributed by atoms with van der Waals surface area (Å²) in [7, 11) is 1.39. The average Bonchev–Trinajstić information content (AvgIpc) is 2.41. The van der Waals surface area contributed by atoms with Crippen LogP contribution in [0.2, 0.25) is 0 Å². The van der Waals surface area contributed by atoms with E-state index < -0.39 is 5.82 Å². The van der Waals surface area contributed by atoms with Crippen LogP contribution < -0.4 is 4.74 Å². The fourth-order valence-corrected chi connectivity index (χ4v) is 1.99. The SMILES string of the molecule is COc1ccc(C(=O)Cc2ccc(Br)cc2)cc1F. The molecule has 98 valence electrons. The second-order valence-electron chi connectivity index (χ2n) is 4.08. The summed E-state index contributed by atoms with van der Waals surface area (Å²) in [6.07, 6.45) is 0.249. The van der Waals surface area contributed by atoms with E-state index in [0.717, 1.165) is 10.0 Å². The highest BCUT2D eigenvalue weighted by atomic mass is 79.9. The van der Waals surface area contributed by atoms with Crippen molar-refractivity contribution in [3.8, 4) is 5.75 Å². The number of hydrogen-bond donors (Lipinski definition) is 0. The van der Waals surface area contributed by atoms with E-state index in [9.17, 15) is 9.18 Å². The van der Waals surface area contributed by atoms with Crippen molar-refractivity contribution in [3.05, 3.63) is 63.9 Å². The monoisotopic (exact) mass is 322 g/mol. The van der Waals surface area contributed by atoms with Crippen molar-refractivity contribution in [1.82, 2.24) is 0 Å². The Morgan fingerprint density at radius 3 is 2.47 bits per heavy atom. The number of halogens is 2. The maximum atomic E-state index is 13.5. The van der Waals surface area contributed by atoms with Crippen LogP contribution in [-0.2, 0) is 6.42 Å². The first-order valence-corrected chi connectivity index (χ1v) is 6.50. The first kappa shape index (κ1) is 13.7. The van der Waals surface area contributed by atoms with Crippen LogP contribution in [0.1, 0.15) is 15.9 Å². The van der Waals surface area contributed by atoms with Gasteiger partial charge < -0.3 is 4.74 Å². The Kier molecular flexibility index (Phi) is 4.32. The molecule has 0 bridgehead atoms. The lowest BCUT2D eigenvalue weighted by Crippen LogP contribution is -2.04. The quantitative estimate of drug-likeness (QED) is 0.795. The normalized spacial score (nSPS) is 10.3. The third-order valence-corrected chi connectivity index (χ3v) is 3.28. The lowest BCUT2D eigenvalue weighted by atomic mass is 10.0. The van der Waals surface area contributed by atoms with Crippen LogP contribution in [0.25, 0.3) is 0 Å². The smallest absolute Gasteiger partial charge is 0.167 e. The Bertz CT molecular complexity index is 594. The molecule has 0 unspecified atom stereocenters. The Hall–Kier alpha value is -1.68. The molecule has 0 spiro atoms. The summed E-state index contributed by atoms with van der Waals surface area (Å²) in [5.41, 5.74) is 1.24. The first-order valence-electron chi connectivity index (χ1n) is 5.71. The molecule has 2 aromatic carbocycles. The molecule has 0 aliphatic rings. The molecular weight excluding hydrogens is 311 g/mol. The van der Waals surface area contributed by atoms with Crippen LogP contribution in [0.3, 0.4) is 0 Å². The van der Waals surface area contributed by atoms with Gasteiger partial charge in [0.05, 0.1) is 7.11 Å². The second-order valence-corrected chi connectivity index (χ2v) is 4.99. The predicted octanol–water partition coefficient (Wildman–Crippen LogP) is 4.02. The molecule has 19 heavy (non-hydrogen) atoms. The van der Waals surface area contributed by atoms with Crippen molar-refractivity contribution in [2.75, 3.05) is 7.11 Å². The van der Waals surface area contributed by atoms with Gasteiger partial charge in [0.15, 0.2) is 17.3 Å². The van der Waals surface area contributed by atoms with Gasteiger partial charge in [-0.05, 0) is 35.9 Å². The van der Waals surface area contributed by atoms with Crippen LogP contribution in [0.15, 0.2) is 46.9 Å². The highest BCUT2D eigenvalue weighted by Crippen LogP contribution is 2.19. The lowest BCUT2D eigenvalue weighted by Gasteiger charge is -2.05. The van der Waals surface area contributed by atoms with Gasteiger partial charge >= 0.3 is 0 Å². The summed E-state index contributed by atoms with van der Waals surface area (Å²) in [6.45, 7) is 0. The van der Waals surface area contributed by atoms with E-state index in [1.54, 1.807) is 6.07 Å². The molecule has 0 heterocycles. The number of ether oxygens (including phenoxy) is 1. The number of methoxy groups -OCH3 is 1. The van der Waals surface area contributed by atoms with E-state index >= 15 is 0 Å². The standard InChI is InChI=1S/C15H12BrFO2/c1-19-15-7-4-11(9-13(15)17)14(18)8-10-2-5-12(16)6-3-10/h2-7,9H,8H2,1H3. The zero-order valence-electron chi connectivity index (χ0n) is 10.3. The maximum absolute atomic E-state index is 13.5. The largest absolute Gasteiger partial charge is 0.494 e. The molecule has 2 nitrogen and oxygen atoms in total. The van der Waals surface area contributed by atoms with Gasteiger partial charge in [0.25, 0.3) is 0 Å². The summed E-state index contributed by atoms with van der Waals surface area (Å²) in [5.74, 6) is -0.506. The van der Waals surface area contributed by atoms with Gasteiger partial charge in [-0.15, -0.1) is 0 Å². The van der Waals surface area contributed by atoms with Crippen molar-refractivity contribution >= 4 is 21.7 Å². The van der Waals surface area contributed by atoms with E-state index in [2.05, 4.69) is 15.9 Å². The number of benzene rings is 2. The fourth-order valence-electron chi connectivity index (χ4n) is 1.73. The summed E-state index contributed by atoms with van der Waals surface area (Å²) in [4.78, 5) is 12.0. The second kappa shape index (κ2) is 5.97. The Morgan fingerprint density at radius 1 is 1.21 bits per heavy atom. The fraction of sp³-hybridized carbons (Fsp3) is 0.133. The zero-order chi connectivity index (χ0) is 13.8. The molecule has 0 aliphatic heterocycles. The van der Waals surface area contributed by atoms with Gasteiger partial charge in [-0.3, -0.25) is 4.79 Å². The Labute approximate surface area is 119 Å². The van der Waals surface area contributed by atoms with Crippen molar-refractivity contribution in [1.29, 1.82) is 0 Å². The molecule has 0 N–H and O–H groups in total. The van der Waals surface area contributed by atoms with Crippen molar-refractivity contribution in [3.63, 3.8) is 0 Å². The van der Waals surface area contributed by atoms with Gasteiger partial charge in [-0.1, -0.05) is 28.1 Å².